The first-order valence-electron chi connectivity index (χ1n) is 12.2. The Bertz CT molecular complexity index is 1110. The number of rotatable bonds is 13. The Labute approximate surface area is 214 Å². The molecule has 6 heteroatoms. The van der Waals surface area contributed by atoms with Gasteiger partial charge in [-0.15, -0.1) is 6.42 Å². The maximum absolute atomic E-state index is 6.38. The molecule has 3 aromatic rings. The smallest absolute Gasteiger partial charge is 0.147 e. The molecule has 0 aromatic heterocycles. The monoisotopic (exact) mass is 486 g/mol. The van der Waals surface area contributed by atoms with Crippen molar-refractivity contribution in [3.8, 4) is 12.3 Å². The molecule has 6 nitrogen and oxygen atoms in total. The molecule has 1 aliphatic rings. The van der Waals surface area contributed by atoms with E-state index in [4.69, 9.17) is 25.4 Å². The fourth-order valence-corrected chi connectivity index (χ4v) is 4.71. The van der Waals surface area contributed by atoms with Gasteiger partial charge in [-0.3, -0.25) is 0 Å². The lowest BCUT2D eigenvalue weighted by molar-refractivity contribution is 0.0224. The van der Waals surface area contributed by atoms with Crippen LogP contribution in [0.5, 0.6) is 0 Å². The number of fused-ring (bicyclic) bond motifs is 2. The van der Waals surface area contributed by atoms with E-state index in [1.165, 1.54) is 0 Å². The van der Waals surface area contributed by atoms with E-state index < -0.39 is 5.60 Å². The lowest BCUT2D eigenvalue weighted by atomic mass is 9.76. The topological polar surface area (TPSA) is 52.2 Å². The first kappa shape index (κ1) is 25.7. The van der Waals surface area contributed by atoms with E-state index in [0.29, 0.717) is 46.2 Å². The first-order chi connectivity index (χ1) is 17.7. The number of nitrogens with one attached hydrogen (secondary N) is 1. The number of methoxy groups -OCH3 is 1. The van der Waals surface area contributed by atoms with E-state index in [1.54, 1.807) is 7.11 Å². The Morgan fingerprint density at radius 2 is 1.33 bits per heavy atom. The summed E-state index contributed by atoms with van der Waals surface area (Å²) in [7, 11) is 3.89. The SMILES string of the molecule is C#CCOCCOCCOCCNc1ccc(C2(OC)c3ccccc3N(C)c3ccccc32)cc1. The number of nitrogens with zero attached hydrogens (tertiary/aromatic N) is 1. The number of anilines is 3. The largest absolute Gasteiger partial charge is 0.383 e. The van der Waals surface area contributed by atoms with Crippen molar-refractivity contribution in [3.63, 3.8) is 0 Å². The standard InChI is InChI=1S/C30H34N2O4/c1-4-18-34-20-22-36-23-21-35-19-17-31-25-15-13-24(14-16-25)30(33-3)26-9-5-7-11-28(26)32(2)29-12-8-6-10-27(29)30/h1,5-16,31H,17-23H2,2-3H3. The minimum atomic E-state index is -0.687. The van der Waals surface area contributed by atoms with Crippen LogP contribution in [0, 0.1) is 12.3 Å². The molecule has 3 aromatic carbocycles. The Kier molecular flexibility index (Phi) is 8.99. The minimum absolute atomic E-state index is 0.316. The van der Waals surface area contributed by atoms with E-state index in [1.807, 2.05) is 0 Å². The van der Waals surface area contributed by atoms with Crippen LogP contribution in [0.3, 0.4) is 0 Å². The number of para-hydroxylation sites is 2. The molecule has 0 spiro atoms. The lowest BCUT2D eigenvalue weighted by Crippen LogP contribution is -2.38. The third kappa shape index (κ3) is 5.40. The minimum Gasteiger partial charge on any atom is -0.383 e. The molecule has 0 bridgehead atoms. The van der Waals surface area contributed by atoms with Crippen molar-refractivity contribution in [1.29, 1.82) is 0 Å². The van der Waals surface area contributed by atoms with Crippen molar-refractivity contribution in [2.75, 3.05) is 70.6 Å². The average molecular weight is 487 g/mol. The first-order valence-corrected chi connectivity index (χ1v) is 12.2. The van der Waals surface area contributed by atoms with Crippen LogP contribution in [0.2, 0.25) is 0 Å². The zero-order valence-electron chi connectivity index (χ0n) is 21.0. The highest BCUT2D eigenvalue weighted by Crippen LogP contribution is 2.52. The average Bonchev–Trinajstić information content (AvgIpc) is 2.93. The van der Waals surface area contributed by atoms with Gasteiger partial charge < -0.3 is 29.2 Å². The number of hydrogen-bond acceptors (Lipinski definition) is 6. The summed E-state index contributed by atoms with van der Waals surface area (Å²) in [4.78, 5) is 2.23. The summed E-state index contributed by atoms with van der Waals surface area (Å²) in [6.45, 7) is 3.70. The number of ether oxygens (including phenoxy) is 4. The second-order valence-corrected chi connectivity index (χ2v) is 8.46. The summed E-state index contributed by atoms with van der Waals surface area (Å²) < 4.78 is 22.6. The third-order valence-electron chi connectivity index (χ3n) is 6.39. The third-order valence-corrected chi connectivity index (χ3v) is 6.39. The van der Waals surface area contributed by atoms with Gasteiger partial charge in [0.1, 0.15) is 12.2 Å². The van der Waals surface area contributed by atoms with Crippen LogP contribution in [0.1, 0.15) is 16.7 Å². The predicted octanol–water partition coefficient (Wildman–Crippen LogP) is 4.80. The zero-order valence-corrected chi connectivity index (χ0v) is 21.0. The summed E-state index contributed by atoms with van der Waals surface area (Å²) in [5.41, 5.74) is 5.98. The molecule has 0 atom stereocenters. The molecule has 0 saturated heterocycles. The number of terminal acetylenes is 1. The van der Waals surface area contributed by atoms with Gasteiger partial charge in [0.05, 0.1) is 33.0 Å². The molecule has 0 amide bonds. The molecule has 0 unspecified atom stereocenters. The normalized spacial score (nSPS) is 13.5. The molecule has 0 radical (unpaired) electrons. The zero-order chi connectivity index (χ0) is 25.2. The second-order valence-electron chi connectivity index (χ2n) is 8.46. The summed E-state index contributed by atoms with van der Waals surface area (Å²) in [5, 5.41) is 3.42. The fourth-order valence-electron chi connectivity index (χ4n) is 4.71. The highest BCUT2D eigenvalue weighted by atomic mass is 16.5. The van der Waals surface area contributed by atoms with E-state index in [-0.39, 0.29) is 0 Å². The molecule has 4 rings (SSSR count). The maximum atomic E-state index is 6.38. The quantitative estimate of drug-likeness (QED) is 0.277. The molecule has 1 aliphatic heterocycles. The Hall–Kier alpha value is -3.34. The van der Waals surface area contributed by atoms with Gasteiger partial charge in [-0.05, 0) is 29.8 Å². The molecule has 1 heterocycles. The summed E-state index contributed by atoms with van der Waals surface area (Å²) >= 11 is 0. The van der Waals surface area contributed by atoms with Crippen molar-refractivity contribution in [2.45, 2.75) is 5.60 Å². The van der Waals surface area contributed by atoms with E-state index in [9.17, 15) is 0 Å². The van der Waals surface area contributed by atoms with Crippen molar-refractivity contribution < 1.29 is 18.9 Å². The van der Waals surface area contributed by atoms with Gasteiger partial charge in [-0.25, -0.2) is 0 Å². The maximum Gasteiger partial charge on any atom is 0.147 e. The molecular weight excluding hydrogens is 452 g/mol. The number of hydrogen-bond donors (Lipinski definition) is 1. The Morgan fingerprint density at radius 1 is 0.778 bits per heavy atom. The van der Waals surface area contributed by atoms with Crippen molar-refractivity contribution in [1.82, 2.24) is 0 Å². The van der Waals surface area contributed by atoms with Gasteiger partial charge in [0.2, 0.25) is 0 Å². The van der Waals surface area contributed by atoms with Crippen molar-refractivity contribution in [3.05, 3.63) is 89.5 Å². The fraction of sp³-hybridized carbons (Fsp3) is 0.333. The van der Waals surface area contributed by atoms with Gasteiger partial charge in [0.15, 0.2) is 0 Å². The predicted molar refractivity (Wildman–Crippen MR) is 144 cm³/mol. The van der Waals surface area contributed by atoms with Gasteiger partial charge in [0.25, 0.3) is 0 Å². The highest BCUT2D eigenvalue weighted by molar-refractivity contribution is 5.79. The van der Waals surface area contributed by atoms with Crippen LogP contribution in [0.4, 0.5) is 17.1 Å². The van der Waals surface area contributed by atoms with Crippen LogP contribution < -0.4 is 10.2 Å². The number of benzene rings is 3. The summed E-state index contributed by atoms with van der Waals surface area (Å²) in [6.07, 6.45) is 5.12. The summed E-state index contributed by atoms with van der Waals surface area (Å²) in [5.74, 6) is 2.42. The van der Waals surface area contributed by atoms with Gasteiger partial charge in [-0.1, -0.05) is 54.5 Å². The van der Waals surface area contributed by atoms with Gasteiger partial charge in [-0.2, -0.15) is 0 Å². The molecule has 36 heavy (non-hydrogen) atoms. The van der Waals surface area contributed by atoms with Crippen LogP contribution in [0.15, 0.2) is 72.8 Å². The van der Waals surface area contributed by atoms with E-state index in [2.05, 4.69) is 96.0 Å². The highest BCUT2D eigenvalue weighted by Gasteiger charge is 2.44. The molecule has 0 aliphatic carbocycles. The molecular formula is C30H34N2O4. The van der Waals surface area contributed by atoms with Gasteiger partial charge >= 0.3 is 0 Å². The molecule has 0 saturated carbocycles. The van der Waals surface area contributed by atoms with Gasteiger partial charge in [0, 0.05) is 48.9 Å². The molecule has 1 N–H and O–H groups in total. The Morgan fingerprint density at radius 3 is 1.92 bits per heavy atom. The van der Waals surface area contributed by atoms with Crippen LogP contribution in [0.25, 0.3) is 0 Å². The lowest BCUT2D eigenvalue weighted by Gasteiger charge is -2.43. The second kappa shape index (κ2) is 12.6. The summed E-state index contributed by atoms with van der Waals surface area (Å²) in [6, 6.07) is 25.4. The van der Waals surface area contributed by atoms with E-state index in [0.717, 1.165) is 33.8 Å². The Balaban J connectivity index is 1.37. The van der Waals surface area contributed by atoms with Crippen LogP contribution in [-0.2, 0) is 24.5 Å². The van der Waals surface area contributed by atoms with Crippen LogP contribution in [-0.4, -0.2) is 60.3 Å². The van der Waals surface area contributed by atoms with E-state index >= 15 is 0 Å². The molecule has 0 fully saturated rings. The van der Waals surface area contributed by atoms with Crippen molar-refractivity contribution in [2.24, 2.45) is 0 Å². The molecule has 188 valence electrons. The van der Waals surface area contributed by atoms with Crippen LogP contribution >= 0.6 is 0 Å². The van der Waals surface area contributed by atoms with Crippen molar-refractivity contribution >= 4 is 17.1 Å².